The predicted molar refractivity (Wildman–Crippen MR) is 69.1 cm³/mol. The van der Waals surface area contributed by atoms with Crippen LogP contribution in [0.3, 0.4) is 0 Å². The van der Waals surface area contributed by atoms with Crippen molar-refractivity contribution < 1.29 is 9.13 Å². The van der Waals surface area contributed by atoms with Crippen molar-refractivity contribution in [1.82, 2.24) is 4.98 Å². The van der Waals surface area contributed by atoms with E-state index in [9.17, 15) is 4.39 Å². The van der Waals surface area contributed by atoms with Crippen LogP contribution in [0.25, 0.3) is 0 Å². The smallest absolute Gasteiger partial charge is 0.213 e. The van der Waals surface area contributed by atoms with Crippen molar-refractivity contribution in [3.05, 3.63) is 59.5 Å². The summed E-state index contributed by atoms with van der Waals surface area (Å²) in [5, 5.41) is 0. The van der Waals surface area contributed by atoms with Crippen LogP contribution in [0.2, 0.25) is 0 Å². The lowest BCUT2D eigenvalue weighted by Crippen LogP contribution is -1.98. The zero-order valence-corrected chi connectivity index (χ0v) is 10.6. The molecule has 0 spiro atoms. The van der Waals surface area contributed by atoms with E-state index in [1.54, 1.807) is 18.3 Å². The van der Waals surface area contributed by atoms with Gasteiger partial charge in [0.15, 0.2) is 0 Å². The second kappa shape index (κ2) is 5.63. The van der Waals surface area contributed by atoms with Crippen molar-refractivity contribution in [2.75, 3.05) is 0 Å². The minimum atomic E-state index is -0.237. The van der Waals surface area contributed by atoms with Gasteiger partial charge < -0.3 is 4.74 Å². The largest absolute Gasteiger partial charge is 0.473 e. The number of hydrogen-bond donors (Lipinski definition) is 0. The molecule has 0 aliphatic rings. The molecule has 2 nitrogen and oxygen atoms in total. The number of rotatable bonds is 4. The van der Waals surface area contributed by atoms with E-state index in [1.807, 2.05) is 12.1 Å². The van der Waals surface area contributed by atoms with Crippen molar-refractivity contribution in [2.45, 2.75) is 26.4 Å². The molecule has 0 N–H and O–H groups in total. The molecule has 0 unspecified atom stereocenters. The van der Waals surface area contributed by atoms with E-state index in [1.165, 1.54) is 17.7 Å². The Hall–Kier alpha value is -1.90. The first-order valence-corrected chi connectivity index (χ1v) is 5.98. The fourth-order valence-corrected chi connectivity index (χ4v) is 1.60. The SMILES string of the molecule is CC(C)c1ccnc(OCc2ccc(F)cc2)c1. The van der Waals surface area contributed by atoms with Crippen molar-refractivity contribution in [2.24, 2.45) is 0 Å². The summed E-state index contributed by atoms with van der Waals surface area (Å²) in [6.07, 6.45) is 1.75. The van der Waals surface area contributed by atoms with Crippen LogP contribution in [-0.4, -0.2) is 4.98 Å². The number of benzene rings is 1. The van der Waals surface area contributed by atoms with E-state index in [-0.39, 0.29) is 5.82 Å². The van der Waals surface area contributed by atoms with Gasteiger partial charge >= 0.3 is 0 Å². The molecule has 1 aromatic heterocycles. The quantitative estimate of drug-likeness (QED) is 0.814. The van der Waals surface area contributed by atoms with Gasteiger partial charge in [0, 0.05) is 12.3 Å². The molecule has 0 atom stereocenters. The van der Waals surface area contributed by atoms with Crippen molar-refractivity contribution >= 4 is 0 Å². The maximum atomic E-state index is 12.7. The highest BCUT2D eigenvalue weighted by Gasteiger charge is 2.02. The average molecular weight is 245 g/mol. The van der Waals surface area contributed by atoms with E-state index in [0.29, 0.717) is 18.4 Å². The van der Waals surface area contributed by atoms with Crippen LogP contribution < -0.4 is 4.74 Å². The lowest BCUT2D eigenvalue weighted by molar-refractivity contribution is 0.293. The van der Waals surface area contributed by atoms with Gasteiger partial charge in [-0.15, -0.1) is 0 Å². The molecule has 0 radical (unpaired) electrons. The van der Waals surface area contributed by atoms with Gasteiger partial charge in [-0.2, -0.15) is 0 Å². The Morgan fingerprint density at radius 3 is 2.56 bits per heavy atom. The van der Waals surface area contributed by atoms with Gasteiger partial charge in [0.2, 0.25) is 5.88 Å². The number of aromatic nitrogens is 1. The van der Waals surface area contributed by atoms with Crippen LogP contribution in [0.15, 0.2) is 42.6 Å². The molecule has 0 aliphatic heterocycles. The van der Waals surface area contributed by atoms with Crippen LogP contribution >= 0.6 is 0 Å². The molecule has 0 amide bonds. The van der Waals surface area contributed by atoms with Gasteiger partial charge in [0.05, 0.1) is 0 Å². The van der Waals surface area contributed by atoms with Crippen LogP contribution in [-0.2, 0) is 6.61 Å². The van der Waals surface area contributed by atoms with Gasteiger partial charge in [0.1, 0.15) is 12.4 Å². The minimum absolute atomic E-state index is 0.237. The maximum absolute atomic E-state index is 12.7. The van der Waals surface area contributed by atoms with E-state index >= 15 is 0 Å². The summed E-state index contributed by atoms with van der Waals surface area (Å²) < 4.78 is 18.3. The Morgan fingerprint density at radius 1 is 1.17 bits per heavy atom. The topological polar surface area (TPSA) is 22.1 Å². The number of hydrogen-bond acceptors (Lipinski definition) is 2. The highest BCUT2D eigenvalue weighted by atomic mass is 19.1. The molecule has 0 bridgehead atoms. The highest BCUT2D eigenvalue weighted by molar-refractivity contribution is 5.23. The molecule has 0 saturated heterocycles. The minimum Gasteiger partial charge on any atom is -0.473 e. The van der Waals surface area contributed by atoms with E-state index in [2.05, 4.69) is 18.8 Å². The molecular weight excluding hydrogens is 229 g/mol. The van der Waals surface area contributed by atoms with E-state index < -0.39 is 0 Å². The number of pyridine rings is 1. The summed E-state index contributed by atoms with van der Waals surface area (Å²) in [7, 11) is 0. The molecule has 2 aromatic rings. The molecule has 94 valence electrons. The lowest BCUT2D eigenvalue weighted by atomic mass is 10.1. The molecule has 0 aliphatic carbocycles. The second-order valence-corrected chi connectivity index (χ2v) is 4.50. The van der Waals surface area contributed by atoms with E-state index in [0.717, 1.165) is 5.56 Å². The third-order valence-corrected chi connectivity index (χ3v) is 2.73. The second-order valence-electron chi connectivity index (χ2n) is 4.50. The van der Waals surface area contributed by atoms with Gasteiger partial charge in [0.25, 0.3) is 0 Å². The monoisotopic (exact) mass is 245 g/mol. The lowest BCUT2D eigenvalue weighted by Gasteiger charge is -2.09. The van der Waals surface area contributed by atoms with Crippen LogP contribution in [0.4, 0.5) is 4.39 Å². The van der Waals surface area contributed by atoms with Gasteiger partial charge in [-0.25, -0.2) is 9.37 Å². The summed E-state index contributed by atoms with van der Waals surface area (Å²) in [4.78, 5) is 4.16. The summed E-state index contributed by atoms with van der Waals surface area (Å²) in [5.74, 6) is 0.811. The molecule has 1 heterocycles. The Kier molecular flexibility index (Phi) is 3.92. The molecule has 3 heteroatoms. The molecule has 18 heavy (non-hydrogen) atoms. The standard InChI is InChI=1S/C15H16FNO/c1-11(2)13-7-8-17-15(9-13)18-10-12-3-5-14(16)6-4-12/h3-9,11H,10H2,1-2H3. The summed E-state index contributed by atoms with van der Waals surface area (Å²) in [5.41, 5.74) is 2.12. The average Bonchev–Trinajstić information content (AvgIpc) is 2.38. The van der Waals surface area contributed by atoms with Crippen molar-refractivity contribution in [3.63, 3.8) is 0 Å². The maximum Gasteiger partial charge on any atom is 0.213 e. The normalized spacial score (nSPS) is 10.7. The first kappa shape index (κ1) is 12.6. The molecule has 1 aromatic carbocycles. The van der Waals surface area contributed by atoms with Crippen LogP contribution in [0.1, 0.15) is 30.9 Å². The van der Waals surface area contributed by atoms with Crippen LogP contribution in [0, 0.1) is 5.82 Å². The summed E-state index contributed by atoms with van der Waals surface area (Å²) >= 11 is 0. The number of ether oxygens (including phenoxy) is 1. The third-order valence-electron chi connectivity index (χ3n) is 2.73. The number of nitrogens with zero attached hydrogens (tertiary/aromatic N) is 1. The Morgan fingerprint density at radius 2 is 1.89 bits per heavy atom. The fraction of sp³-hybridized carbons (Fsp3) is 0.267. The van der Waals surface area contributed by atoms with Gasteiger partial charge in [-0.1, -0.05) is 26.0 Å². The fourth-order valence-electron chi connectivity index (χ4n) is 1.60. The predicted octanol–water partition coefficient (Wildman–Crippen LogP) is 3.92. The summed E-state index contributed by atoms with van der Waals surface area (Å²) in [6.45, 7) is 4.65. The van der Waals surface area contributed by atoms with Crippen LogP contribution in [0.5, 0.6) is 5.88 Å². The highest BCUT2D eigenvalue weighted by Crippen LogP contribution is 2.18. The molecular formula is C15H16FNO. The van der Waals surface area contributed by atoms with Crippen molar-refractivity contribution in [1.29, 1.82) is 0 Å². The molecule has 2 rings (SSSR count). The third kappa shape index (κ3) is 3.29. The molecule has 0 fully saturated rings. The Balaban J connectivity index is 2.01. The zero-order chi connectivity index (χ0) is 13.0. The van der Waals surface area contributed by atoms with Gasteiger partial charge in [-0.05, 0) is 35.2 Å². The van der Waals surface area contributed by atoms with E-state index in [4.69, 9.17) is 4.74 Å². The van der Waals surface area contributed by atoms with Crippen molar-refractivity contribution in [3.8, 4) is 5.88 Å². The Bertz CT molecular complexity index is 508. The van der Waals surface area contributed by atoms with Gasteiger partial charge in [-0.3, -0.25) is 0 Å². The first-order chi connectivity index (χ1) is 8.65. The first-order valence-electron chi connectivity index (χ1n) is 5.98. The number of halogens is 1. The zero-order valence-electron chi connectivity index (χ0n) is 10.6. The molecule has 0 saturated carbocycles. The summed E-state index contributed by atoms with van der Waals surface area (Å²) in [6, 6.07) is 10.2. The Labute approximate surface area is 106 Å².